The minimum absolute atomic E-state index is 0.137. The topological polar surface area (TPSA) is 32.3 Å². The van der Waals surface area contributed by atoms with Crippen molar-refractivity contribution in [1.82, 2.24) is 10.2 Å². The van der Waals surface area contributed by atoms with Gasteiger partial charge in [-0.2, -0.15) is 0 Å². The molecule has 1 unspecified atom stereocenters. The molecule has 19 heavy (non-hydrogen) atoms. The van der Waals surface area contributed by atoms with E-state index >= 15 is 0 Å². The van der Waals surface area contributed by atoms with Gasteiger partial charge in [-0.1, -0.05) is 17.7 Å². The zero-order valence-electron chi connectivity index (χ0n) is 11.5. The molecule has 0 bridgehead atoms. The van der Waals surface area contributed by atoms with Gasteiger partial charge >= 0.3 is 0 Å². The van der Waals surface area contributed by atoms with Crippen molar-refractivity contribution in [2.45, 2.75) is 33.4 Å². The number of halogens is 2. The van der Waals surface area contributed by atoms with Crippen molar-refractivity contribution in [3.63, 3.8) is 0 Å². The average Bonchev–Trinajstić information content (AvgIpc) is 2.41. The molecule has 0 aliphatic heterocycles. The van der Waals surface area contributed by atoms with Gasteiger partial charge in [0.25, 0.3) is 0 Å². The van der Waals surface area contributed by atoms with Crippen LogP contribution in [-0.2, 0) is 11.3 Å². The second-order valence-electron chi connectivity index (χ2n) is 4.36. The van der Waals surface area contributed by atoms with Gasteiger partial charge in [-0.05, 0) is 54.4 Å². The fraction of sp³-hybridized carbons (Fsp3) is 0.500. The van der Waals surface area contributed by atoms with E-state index in [1.807, 2.05) is 43.9 Å². The third-order valence-corrected chi connectivity index (χ3v) is 4.26. The summed E-state index contributed by atoms with van der Waals surface area (Å²) in [6.07, 6.45) is 0. The van der Waals surface area contributed by atoms with Gasteiger partial charge in [0, 0.05) is 24.1 Å². The molecule has 1 N–H and O–H groups in total. The highest BCUT2D eigenvalue weighted by atomic mass is 79.9. The first-order valence-corrected chi connectivity index (χ1v) is 7.62. The van der Waals surface area contributed by atoms with E-state index in [9.17, 15) is 4.79 Å². The zero-order chi connectivity index (χ0) is 14.4. The summed E-state index contributed by atoms with van der Waals surface area (Å²) in [6, 6.07) is 5.58. The maximum Gasteiger partial charge on any atom is 0.239 e. The van der Waals surface area contributed by atoms with Crippen LogP contribution in [0.5, 0.6) is 0 Å². The van der Waals surface area contributed by atoms with Gasteiger partial charge in [0.05, 0.1) is 11.1 Å². The van der Waals surface area contributed by atoms with E-state index in [4.69, 9.17) is 11.6 Å². The number of hydrogen-bond donors (Lipinski definition) is 1. The normalized spacial score (nSPS) is 12.3. The van der Waals surface area contributed by atoms with E-state index in [0.717, 1.165) is 23.1 Å². The highest BCUT2D eigenvalue weighted by Crippen LogP contribution is 2.23. The van der Waals surface area contributed by atoms with Crippen LogP contribution in [0.25, 0.3) is 0 Å². The number of likely N-dealkylation sites (N-methyl/N-ethyl adjacent to an activating group) is 1. The maximum absolute atomic E-state index is 12.1. The van der Waals surface area contributed by atoms with Crippen molar-refractivity contribution in [3.8, 4) is 0 Å². The number of carbonyl (C=O) groups excluding carboxylic acids is 1. The highest BCUT2D eigenvalue weighted by molar-refractivity contribution is 9.10. The second kappa shape index (κ2) is 7.88. The van der Waals surface area contributed by atoms with Gasteiger partial charge < -0.3 is 10.2 Å². The third-order valence-electron chi connectivity index (χ3n) is 3.04. The van der Waals surface area contributed by atoms with Gasteiger partial charge in [-0.15, -0.1) is 0 Å². The summed E-state index contributed by atoms with van der Waals surface area (Å²) in [7, 11) is 0. The number of benzene rings is 1. The molecular formula is C14H20BrClN2O. The summed E-state index contributed by atoms with van der Waals surface area (Å²) < 4.78 is 0.871. The first-order valence-electron chi connectivity index (χ1n) is 6.45. The van der Waals surface area contributed by atoms with Gasteiger partial charge in [0.15, 0.2) is 0 Å². The Morgan fingerprint density at radius 3 is 2.58 bits per heavy atom. The SMILES string of the molecule is CCN(CC)C(=O)C(C)NCc1ccc(Cl)c(Br)c1. The van der Waals surface area contributed by atoms with E-state index in [0.29, 0.717) is 11.6 Å². The van der Waals surface area contributed by atoms with E-state index in [1.165, 1.54) is 0 Å². The molecule has 1 rings (SSSR count). The number of nitrogens with zero attached hydrogens (tertiary/aromatic N) is 1. The maximum atomic E-state index is 12.1. The number of carbonyl (C=O) groups is 1. The van der Waals surface area contributed by atoms with Crippen LogP contribution in [0.3, 0.4) is 0 Å². The first kappa shape index (κ1) is 16.5. The fourth-order valence-electron chi connectivity index (χ4n) is 1.82. The largest absolute Gasteiger partial charge is 0.342 e. The van der Waals surface area contributed by atoms with Crippen LogP contribution < -0.4 is 5.32 Å². The predicted molar refractivity (Wildman–Crippen MR) is 83.4 cm³/mol. The molecule has 1 aromatic rings. The van der Waals surface area contributed by atoms with Crippen LogP contribution in [0.2, 0.25) is 5.02 Å². The Morgan fingerprint density at radius 2 is 2.05 bits per heavy atom. The van der Waals surface area contributed by atoms with Crippen molar-refractivity contribution in [2.75, 3.05) is 13.1 Å². The number of rotatable bonds is 6. The van der Waals surface area contributed by atoms with Crippen LogP contribution in [0.1, 0.15) is 26.3 Å². The lowest BCUT2D eigenvalue weighted by Gasteiger charge is -2.23. The van der Waals surface area contributed by atoms with Crippen molar-refractivity contribution >= 4 is 33.4 Å². The van der Waals surface area contributed by atoms with Crippen molar-refractivity contribution in [1.29, 1.82) is 0 Å². The summed E-state index contributed by atoms with van der Waals surface area (Å²) in [4.78, 5) is 13.9. The number of amides is 1. The molecule has 106 valence electrons. The van der Waals surface area contributed by atoms with Crippen LogP contribution in [0, 0.1) is 0 Å². The van der Waals surface area contributed by atoms with Gasteiger partial charge in [-0.3, -0.25) is 4.79 Å². The quantitative estimate of drug-likeness (QED) is 0.855. The number of nitrogens with one attached hydrogen (secondary N) is 1. The summed E-state index contributed by atoms with van der Waals surface area (Å²) in [6.45, 7) is 8.01. The van der Waals surface area contributed by atoms with Gasteiger partial charge in [0.2, 0.25) is 5.91 Å². The van der Waals surface area contributed by atoms with E-state index < -0.39 is 0 Å². The minimum atomic E-state index is -0.186. The standard InChI is InChI=1S/C14H20BrClN2O/c1-4-18(5-2)14(19)10(3)17-9-11-6-7-13(16)12(15)8-11/h6-8,10,17H,4-5,9H2,1-3H3. The van der Waals surface area contributed by atoms with Gasteiger partial charge in [0.1, 0.15) is 0 Å². The van der Waals surface area contributed by atoms with Crippen LogP contribution in [0.4, 0.5) is 0 Å². The molecule has 0 radical (unpaired) electrons. The monoisotopic (exact) mass is 346 g/mol. The molecule has 1 atom stereocenters. The van der Waals surface area contributed by atoms with E-state index in [2.05, 4.69) is 21.2 Å². The summed E-state index contributed by atoms with van der Waals surface area (Å²) in [5.41, 5.74) is 1.09. The smallest absolute Gasteiger partial charge is 0.239 e. The Hall–Kier alpha value is -0.580. The van der Waals surface area contributed by atoms with Crippen LogP contribution in [0.15, 0.2) is 22.7 Å². The van der Waals surface area contributed by atoms with E-state index in [-0.39, 0.29) is 11.9 Å². The van der Waals surface area contributed by atoms with Gasteiger partial charge in [-0.25, -0.2) is 0 Å². The Morgan fingerprint density at radius 1 is 1.42 bits per heavy atom. The summed E-state index contributed by atoms with van der Waals surface area (Å²) >= 11 is 9.34. The first-order chi connectivity index (χ1) is 8.99. The molecule has 1 amide bonds. The van der Waals surface area contributed by atoms with Crippen molar-refractivity contribution in [3.05, 3.63) is 33.3 Å². The molecule has 1 aromatic carbocycles. The lowest BCUT2D eigenvalue weighted by atomic mass is 10.2. The molecule has 3 nitrogen and oxygen atoms in total. The molecule has 0 spiro atoms. The van der Waals surface area contributed by atoms with Crippen molar-refractivity contribution in [2.24, 2.45) is 0 Å². The average molecular weight is 348 g/mol. The number of hydrogen-bond acceptors (Lipinski definition) is 2. The molecule has 0 aromatic heterocycles. The zero-order valence-corrected chi connectivity index (χ0v) is 13.9. The minimum Gasteiger partial charge on any atom is -0.342 e. The second-order valence-corrected chi connectivity index (χ2v) is 5.62. The lowest BCUT2D eigenvalue weighted by Crippen LogP contribution is -2.44. The molecule has 0 fully saturated rings. The Kier molecular flexibility index (Phi) is 6.83. The molecule has 0 heterocycles. The third kappa shape index (κ3) is 4.79. The lowest BCUT2D eigenvalue weighted by molar-refractivity contribution is -0.132. The molecule has 0 aliphatic rings. The molecule has 0 saturated carbocycles. The summed E-state index contributed by atoms with van der Waals surface area (Å²) in [5.74, 6) is 0.137. The molecule has 5 heteroatoms. The fourth-order valence-corrected chi connectivity index (χ4v) is 2.36. The Bertz CT molecular complexity index is 435. The molecule has 0 aliphatic carbocycles. The Labute approximate surface area is 128 Å². The molecule has 0 saturated heterocycles. The molecular weight excluding hydrogens is 328 g/mol. The van der Waals surface area contributed by atoms with Crippen LogP contribution in [-0.4, -0.2) is 29.9 Å². The Balaban J connectivity index is 2.56. The summed E-state index contributed by atoms with van der Waals surface area (Å²) in [5, 5.41) is 3.93. The van der Waals surface area contributed by atoms with E-state index in [1.54, 1.807) is 0 Å². The van der Waals surface area contributed by atoms with Crippen molar-refractivity contribution < 1.29 is 4.79 Å². The highest BCUT2D eigenvalue weighted by Gasteiger charge is 2.17. The predicted octanol–water partition coefficient (Wildman–Crippen LogP) is 3.45. The van der Waals surface area contributed by atoms with Crippen LogP contribution >= 0.6 is 27.5 Å².